The standard InChI is InChI=1S/C40H27N3O/c1-40-17-7-6-16-35(40)44-39-37-32(20-25-10-2-3-13-29(25)36(37)30-14-4-5-15-31(30)38(39)40)28-21-33(26-11-8-18-41-23-26)43-34(22-28)27-12-9-19-42-24-27/h2-24,35H,1H3. The molecular formula is C40H27N3O. The molecule has 0 N–H and O–H groups in total. The average molecular weight is 566 g/mol. The molecule has 1 aliphatic heterocycles. The maximum atomic E-state index is 7.00. The molecule has 0 radical (unpaired) electrons. The zero-order valence-electron chi connectivity index (χ0n) is 24.1. The Morgan fingerprint density at radius 1 is 0.659 bits per heavy atom. The normalized spacial score (nSPS) is 18.4. The summed E-state index contributed by atoms with van der Waals surface area (Å²) in [5.41, 5.74) is 6.81. The summed E-state index contributed by atoms with van der Waals surface area (Å²) in [6, 6.07) is 32.2. The molecule has 44 heavy (non-hydrogen) atoms. The molecule has 0 amide bonds. The van der Waals surface area contributed by atoms with E-state index in [1.54, 1.807) is 12.4 Å². The molecule has 0 saturated heterocycles. The Hall–Kier alpha value is -5.61. The molecule has 0 saturated carbocycles. The van der Waals surface area contributed by atoms with E-state index < -0.39 is 0 Å². The van der Waals surface area contributed by atoms with Crippen LogP contribution in [0.1, 0.15) is 12.5 Å². The van der Waals surface area contributed by atoms with Crippen LogP contribution < -0.4 is 4.74 Å². The number of nitrogens with zero attached hydrogens (tertiary/aromatic N) is 3. The van der Waals surface area contributed by atoms with E-state index in [1.165, 1.54) is 32.5 Å². The van der Waals surface area contributed by atoms with Crippen molar-refractivity contribution in [2.45, 2.75) is 18.4 Å². The summed E-state index contributed by atoms with van der Waals surface area (Å²) in [6.45, 7) is 2.30. The van der Waals surface area contributed by atoms with Crippen molar-refractivity contribution in [1.29, 1.82) is 0 Å². The van der Waals surface area contributed by atoms with Crippen molar-refractivity contribution in [3.8, 4) is 39.4 Å². The summed E-state index contributed by atoms with van der Waals surface area (Å²) in [4.78, 5) is 13.9. The second kappa shape index (κ2) is 9.45. The van der Waals surface area contributed by atoms with Crippen LogP contribution in [0.3, 0.4) is 0 Å². The molecule has 2 aliphatic rings. The van der Waals surface area contributed by atoms with Gasteiger partial charge in [-0.25, -0.2) is 4.98 Å². The summed E-state index contributed by atoms with van der Waals surface area (Å²) in [7, 11) is 0. The number of benzene rings is 4. The highest BCUT2D eigenvalue weighted by atomic mass is 16.5. The van der Waals surface area contributed by atoms with E-state index in [9.17, 15) is 0 Å². The Kier molecular flexibility index (Phi) is 5.36. The lowest BCUT2D eigenvalue weighted by atomic mass is 9.73. The van der Waals surface area contributed by atoms with Gasteiger partial charge < -0.3 is 4.74 Å². The number of hydrogen-bond acceptors (Lipinski definition) is 4. The fraction of sp³-hybridized carbons (Fsp3) is 0.0750. The van der Waals surface area contributed by atoms with Crippen LogP contribution in [-0.2, 0) is 5.41 Å². The number of rotatable bonds is 3. The highest BCUT2D eigenvalue weighted by Gasteiger charge is 2.45. The zero-order valence-corrected chi connectivity index (χ0v) is 24.1. The zero-order chi connectivity index (χ0) is 29.3. The van der Waals surface area contributed by atoms with Gasteiger partial charge in [-0.1, -0.05) is 66.8 Å². The highest BCUT2D eigenvalue weighted by Crippen LogP contribution is 2.56. The largest absolute Gasteiger partial charge is 0.484 e. The van der Waals surface area contributed by atoms with E-state index in [-0.39, 0.29) is 11.5 Å². The second-order valence-corrected chi connectivity index (χ2v) is 11.8. The third-order valence-corrected chi connectivity index (χ3v) is 9.23. The average Bonchev–Trinajstić information content (AvgIpc) is 3.41. The molecule has 0 fully saturated rings. The van der Waals surface area contributed by atoms with Crippen LogP contribution in [0.5, 0.6) is 5.75 Å². The van der Waals surface area contributed by atoms with Crippen molar-refractivity contribution in [2.75, 3.05) is 0 Å². The summed E-state index contributed by atoms with van der Waals surface area (Å²) < 4.78 is 7.00. The minimum Gasteiger partial charge on any atom is -0.484 e. The van der Waals surface area contributed by atoms with Crippen molar-refractivity contribution in [3.63, 3.8) is 0 Å². The predicted octanol–water partition coefficient (Wildman–Crippen LogP) is 9.48. The van der Waals surface area contributed by atoms with Crippen LogP contribution in [0, 0.1) is 0 Å². The van der Waals surface area contributed by atoms with Crippen molar-refractivity contribution < 1.29 is 4.74 Å². The van der Waals surface area contributed by atoms with Crippen LogP contribution in [0.4, 0.5) is 0 Å². The first kappa shape index (κ1) is 24.9. The Morgan fingerprint density at radius 3 is 2.05 bits per heavy atom. The van der Waals surface area contributed by atoms with Gasteiger partial charge in [-0.05, 0) is 88.1 Å². The first-order valence-electron chi connectivity index (χ1n) is 15.0. The van der Waals surface area contributed by atoms with E-state index in [2.05, 4.69) is 120 Å². The molecule has 0 bridgehead atoms. The molecular weight excluding hydrogens is 538 g/mol. The number of fused-ring (bicyclic) bond motifs is 10. The van der Waals surface area contributed by atoms with E-state index in [1.807, 2.05) is 24.5 Å². The lowest BCUT2D eigenvalue weighted by molar-refractivity contribution is 0.230. The smallest absolute Gasteiger partial charge is 0.133 e. The maximum Gasteiger partial charge on any atom is 0.133 e. The summed E-state index contributed by atoms with van der Waals surface area (Å²) in [5, 5.41) is 7.23. The van der Waals surface area contributed by atoms with Gasteiger partial charge in [0.1, 0.15) is 11.9 Å². The van der Waals surface area contributed by atoms with Gasteiger partial charge in [-0.2, -0.15) is 0 Å². The molecule has 7 aromatic rings. The summed E-state index contributed by atoms with van der Waals surface area (Å²) in [6.07, 6.45) is 16.0. The molecule has 4 heterocycles. The Morgan fingerprint density at radius 2 is 1.34 bits per heavy atom. The minimum absolute atomic E-state index is 0.0785. The van der Waals surface area contributed by atoms with Crippen LogP contribution in [0.15, 0.2) is 140 Å². The van der Waals surface area contributed by atoms with Crippen LogP contribution in [-0.4, -0.2) is 21.1 Å². The van der Waals surface area contributed by atoms with E-state index in [4.69, 9.17) is 9.72 Å². The Labute approximate surface area is 255 Å². The minimum atomic E-state index is -0.277. The van der Waals surface area contributed by atoms with Crippen LogP contribution in [0.2, 0.25) is 0 Å². The highest BCUT2D eigenvalue weighted by molar-refractivity contribution is 6.27. The lowest BCUT2D eigenvalue weighted by Crippen LogP contribution is -2.33. The van der Waals surface area contributed by atoms with Gasteiger partial charge in [-0.3, -0.25) is 9.97 Å². The maximum absolute atomic E-state index is 7.00. The third kappa shape index (κ3) is 3.61. The van der Waals surface area contributed by atoms with Crippen molar-refractivity contribution >= 4 is 32.3 Å². The van der Waals surface area contributed by atoms with Gasteiger partial charge in [-0.15, -0.1) is 0 Å². The van der Waals surface area contributed by atoms with E-state index in [0.29, 0.717) is 0 Å². The number of ether oxygens (including phenoxy) is 1. The molecule has 208 valence electrons. The van der Waals surface area contributed by atoms with Gasteiger partial charge in [0.25, 0.3) is 0 Å². The molecule has 2 atom stereocenters. The molecule has 3 aromatic heterocycles. The van der Waals surface area contributed by atoms with Gasteiger partial charge in [0.05, 0.1) is 16.8 Å². The molecule has 1 aliphatic carbocycles. The van der Waals surface area contributed by atoms with Gasteiger partial charge in [0, 0.05) is 52.3 Å². The first-order chi connectivity index (χ1) is 21.7. The Bertz CT molecular complexity index is 2270. The fourth-order valence-electron chi connectivity index (χ4n) is 7.15. The van der Waals surface area contributed by atoms with Crippen LogP contribution >= 0.6 is 0 Å². The summed E-state index contributed by atoms with van der Waals surface area (Å²) in [5.74, 6) is 0.964. The molecule has 4 aromatic carbocycles. The third-order valence-electron chi connectivity index (χ3n) is 9.23. The second-order valence-electron chi connectivity index (χ2n) is 11.8. The quantitative estimate of drug-likeness (QED) is 0.200. The van der Waals surface area contributed by atoms with E-state index in [0.717, 1.165) is 44.8 Å². The van der Waals surface area contributed by atoms with Crippen molar-refractivity contribution in [1.82, 2.24) is 15.0 Å². The molecule has 9 rings (SSSR count). The SMILES string of the molecule is CC12C=CC=CC1Oc1c2c2ccccc2c2c1c(-c1cc(-c3cccnc3)nc(-c3cccnc3)c1)cc1ccccc12. The first-order valence-corrected chi connectivity index (χ1v) is 15.0. The lowest BCUT2D eigenvalue weighted by Gasteiger charge is -2.27. The number of pyridine rings is 3. The number of hydrogen-bond donors (Lipinski definition) is 0. The number of allylic oxidation sites excluding steroid dienone is 2. The molecule has 4 nitrogen and oxygen atoms in total. The summed E-state index contributed by atoms with van der Waals surface area (Å²) >= 11 is 0. The Balaban J connectivity index is 1.46. The van der Waals surface area contributed by atoms with Gasteiger partial charge in [0.15, 0.2) is 0 Å². The van der Waals surface area contributed by atoms with Crippen molar-refractivity contribution in [2.24, 2.45) is 0 Å². The monoisotopic (exact) mass is 565 g/mol. The van der Waals surface area contributed by atoms with Gasteiger partial charge >= 0.3 is 0 Å². The van der Waals surface area contributed by atoms with Gasteiger partial charge in [0.2, 0.25) is 0 Å². The molecule has 4 heteroatoms. The van der Waals surface area contributed by atoms with E-state index >= 15 is 0 Å². The molecule has 0 spiro atoms. The molecule has 2 unspecified atom stereocenters. The topological polar surface area (TPSA) is 47.9 Å². The fourth-order valence-corrected chi connectivity index (χ4v) is 7.15. The van der Waals surface area contributed by atoms with Crippen molar-refractivity contribution in [3.05, 3.63) is 146 Å². The predicted molar refractivity (Wildman–Crippen MR) is 179 cm³/mol. The number of aromatic nitrogens is 3. The van der Waals surface area contributed by atoms with Crippen LogP contribution in [0.25, 0.3) is 66.0 Å².